The van der Waals surface area contributed by atoms with Gasteiger partial charge in [0.15, 0.2) is 11.5 Å². The molecular weight excluding hydrogens is 300 g/mol. The molecule has 0 N–H and O–H groups in total. The lowest BCUT2D eigenvalue weighted by molar-refractivity contribution is 0.284. The lowest BCUT2D eigenvalue weighted by Crippen LogP contribution is -2.00. The van der Waals surface area contributed by atoms with Crippen molar-refractivity contribution in [3.8, 4) is 23.6 Å². The van der Waals surface area contributed by atoms with Crippen molar-refractivity contribution in [1.29, 1.82) is 10.5 Å². The summed E-state index contributed by atoms with van der Waals surface area (Å²) in [6.45, 7) is 4.59. The number of rotatable bonds is 5. The summed E-state index contributed by atoms with van der Waals surface area (Å²) in [7, 11) is 1.56. The molecule has 2 aromatic rings. The summed E-state index contributed by atoms with van der Waals surface area (Å²) in [6, 6.07) is 15.1. The van der Waals surface area contributed by atoms with Gasteiger partial charge in [0.05, 0.1) is 7.11 Å². The van der Waals surface area contributed by atoms with E-state index < -0.39 is 0 Å². The van der Waals surface area contributed by atoms with E-state index in [-0.39, 0.29) is 5.57 Å². The van der Waals surface area contributed by atoms with E-state index in [1.165, 1.54) is 17.2 Å². The Balaban J connectivity index is 2.23. The van der Waals surface area contributed by atoms with Crippen molar-refractivity contribution in [3.05, 3.63) is 64.2 Å². The van der Waals surface area contributed by atoms with Gasteiger partial charge >= 0.3 is 0 Å². The first-order valence-corrected chi connectivity index (χ1v) is 7.47. The van der Waals surface area contributed by atoms with E-state index in [2.05, 4.69) is 19.9 Å². The lowest BCUT2D eigenvalue weighted by atomic mass is 10.0. The monoisotopic (exact) mass is 318 g/mol. The largest absolute Gasteiger partial charge is 0.493 e. The maximum absolute atomic E-state index is 8.83. The van der Waals surface area contributed by atoms with Crippen molar-refractivity contribution >= 4 is 6.08 Å². The summed E-state index contributed by atoms with van der Waals surface area (Å²) in [5, 5.41) is 17.7. The molecule has 2 aromatic carbocycles. The maximum Gasteiger partial charge on any atom is 0.161 e. The van der Waals surface area contributed by atoms with Crippen LogP contribution in [0.2, 0.25) is 0 Å². The van der Waals surface area contributed by atoms with Crippen LogP contribution >= 0.6 is 0 Å². The minimum atomic E-state index is 0.0427. The smallest absolute Gasteiger partial charge is 0.161 e. The van der Waals surface area contributed by atoms with Crippen molar-refractivity contribution in [2.45, 2.75) is 20.5 Å². The number of methoxy groups -OCH3 is 1. The third kappa shape index (κ3) is 3.94. The van der Waals surface area contributed by atoms with Crippen LogP contribution in [0.1, 0.15) is 22.3 Å². The molecule has 0 heterocycles. The molecule has 24 heavy (non-hydrogen) atoms. The first-order valence-electron chi connectivity index (χ1n) is 7.47. The molecule has 0 amide bonds. The Kier molecular flexibility index (Phi) is 5.60. The molecule has 0 aromatic heterocycles. The van der Waals surface area contributed by atoms with Crippen molar-refractivity contribution in [3.63, 3.8) is 0 Å². The Morgan fingerprint density at radius 3 is 2.50 bits per heavy atom. The van der Waals surface area contributed by atoms with Crippen molar-refractivity contribution in [1.82, 2.24) is 0 Å². The predicted octanol–water partition coefficient (Wildman–Crippen LogP) is 4.32. The summed E-state index contributed by atoms with van der Waals surface area (Å²) < 4.78 is 11.2. The second-order valence-electron chi connectivity index (χ2n) is 5.34. The Labute approximate surface area is 142 Å². The third-order valence-electron chi connectivity index (χ3n) is 3.84. The molecule has 4 nitrogen and oxygen atoms in total. The van der Waals surface area contributed by atoms with Gasteiger partial charge in [-0.05, 0) is 54.3 Å². The quantitative estimate of drug-likeness (QED) is 0.770. The number of ether oxygens (including phenoxy) is 2. The molecule has 4 heteroatoms. The highest BCUT2D eigenvalue weighted by Gasteiger charge is 2.08. The minimum Gasteiger partial charge on any atom is -0.493 e. The normalized spacial score (nSPS) is 9.54. The molecule has 0 fully saturated rings. The van der Waals surface area contributed by atoms with E-state index in [1.54, 1.807) is 25.3 Å². The van der Waals surface area contributed by atoms with Gasteiger partial charge in [-0.1, -0.05) is 24.3 Å². The van der Waals surface area contributed by atoms with Crippen LogP contribution in [-0.4, -0.2) is 7.11 Å². The molecule has 0 saturated carbocycles. The number of hydrogen-bond acceptors (Lipinski definition) is 4. The van der Waals surface area contributed by atoms with Crippen LogP contribution in [0.4, 0.5) is 0 Å². The van der Waals surface area contributed by atoms with Gasteiger partial charge in [0.2, 0.25) is 0 Å². The highest BCUT2D eigenvalue weighted by atomic mass is 16.5. The average Bonchev–Trinajstić information content (AvgIpc) is 2.61. The Morgan fingerprint density at radius 2 is 1.83 bits per heavy atom. The topological polar surface area (TPSA) is 66.0 Å². The summed E-state index contributed by atoms with van der Waals surface area (Å²) in [4.78, 5) is 0. The van der Waals surface area contributed by atoms with Gasteiger partial charge in [-0.15, -0.1) is 0 Å². The Morgan fingerprint density at radius 1 is 1.08 bits per heavy atom. The molecule has 0 unspecified atom stereocenters. The highest BCUT2D eigenvalue weighted by molar-refractivity contribution is 5.64. The standard InChI is InChI=1S/C20H18N2O2/c1-14-5-4-6-18(15(14)2)13-24-19-8-7-16(10-20(19)23-3)9-17(11-21)12-22/h4-10H,13H2,1-3H3. The van der Waals surface area contributed by atoms with E-state index in [9.17, 15) is 0 Å². The second-order valence-corrected chi connectivity index (χ2v) is 5.34. The van der Waals surface area contributed by atoms with Gasteiger partial charge in [0.1, 0.15) is 24.3 Å². The van der Waals surface area contributed by atoms with E-state index in [1.807, 2.05) is 24.3 Å². The zero-order valence-electron chi connectivity index (χ0n) is 14.0. The lowest BCUT2D eigenvalue weighted by Gasteiger charge is -2.13. The van der Waals surface area contributed by atoms with Crippen LogP contribution in [0.3, 0.4) is 0 Å². The first-order chi connectivity index (χ1) is 11.6. The van der Waals surface area contributed by atoms with Crippen LogP contribution in [0.15, 0.2) is 42.0 Å². The fourth-order valence-corrected chi connectivity index (χ4v) is 2.27. The van der Waals surface area contributed by atoms with Gasteiger partial charge in [-0.2, -0.15) is 10.5 Å². The number of allylic oxidation sites excluding steroid dienone is 1. The minimum absolute atomic E-state index is 0.0427. The first kappa shape index (κ1) is 17.1. The zero-order chi connectivity index (χ0) is 17.5. The number of nitriles is 2. The number of hydrogen-bond donors (Lipinski definition) is 0. The molecule has 0 spiro atoms. The van der Waals surface area contributed by atoms with E-state index in [0.29, 0.717) is 23.7 Å². The second kappa shape index (κ2) is 7.85. The van der Waals surface area contributed by atoms with Gasteiger partial charge in [0.25, 0.3) is 0 Å². The van der Waals surface area contributed by atoms with Crippen LogP contribution in [-0.2, 0) is 6.61 Å². The van der Waals surface area contributed by atoms with Gasteiger partial charge in [0, 0.05) is 0 Å². The third-order valence-corrected chi connectivity index (χ3v) is 3.84. The van der Waals surface area contributed by atoms with E-state index in [4.69, 9.17) is 20.0 Å². The molecule has 0 radical (unpaired) electrons. The molecule has 0 saturated heterocycles. The fraction of sp³-hybridized carbons (Fsp3) is 0.200. The summed E-state index contributed by atoms with van der Waals surface area (Å²) in [5.41, 5.74) is 4.32. The molecule has 0 atom stereocenters. The number of aryl methyl sites for hydroxylation is 1. The molecule has 2 rings (SSSR count). The average molecular weight is 318 g/mol. The van der Waals surface area contributed by atoms with Crippen molar-refractivity contribution in [2.24, 2.45) is 0 Å². The highest BCUT2D eigenvalue weighted by Crippen LogP contribution is 2.30. The molecular formula is C20H18N2O2. The van der Waals surface area contributed by atoms with Gasteiger partial charge in [-0.3, -0.25) is 0 Å². The van der Waals surface area contributed by atoms with Crippen LogP contribution in [0.5, 0.6) is 11.5 Å². The number of benzene rings is 2. The molecule has 0 aliphatic heterocycles. The van der Waals surface area contributed by atoms with Gasteiger partial charge < -0.3 is 9.47 Å². The van der Waals surface area contributed by atoms with Gasteiger partial charge in [-0.25, -0.2) is 0 Å². The predicted molar refractivity (Wildman–Crippen MR) is 92.4 cm³/mol. The zero-order valence-corrected chi connectivity index (χ0v) is 14.0. The molecule has 0 aliphatic carbocycles. The summed E-state index contributed by atoms with van der Waals surface area (Å²) >= 11 is 0. The fourth-order valence-electron chi connectivity index (χ4n) is 2.27. The maximum atomic E-state index is 8.83. The van der Waals surface area contributed by atoms with Crippen LogP contribution in [0, 0.1) is 36.5 Å². The number of nitrogens with zero attached hydrogens (tertiary/aromatic N) is 2. The Bertz CT molecular complexity index is 839. The van der Waals surface area contributed by atoms with Crippen molar-refractivity contribution < 1.29 is 9.47 Å². The summed E-state index contributed by atoms with van der Waals surface area (Å²) in [6.07, 6.45) is 1.51. The van der Waals surface area contributed by atoms with Crippen LogP contribution < -0.4 is 9.47 Å². The molecule has 0 aliphatic rings. The SMILES string of the molecule is COc1cc(C=C(C#N)C#N)ccc1OCc1cccc(C)c1C. The van der Waals surface area contributed by atoms with E-state index in [0.717, 1.165) is 5.56 Å². The molecule has 120 valence electrons. The summed E-state index contributed by atoms with van der Waals surface area (Å²) in [5.74, 6) is 1.18. The Hall–Kier alpha value is -3.24. The van der Waals surface area contributed by atoms with E-state index >= 15 is 0 Å². The molecule has 0 bridgehead atoms. The van der Waals surface area contributed by atoms with Crippen molar-refractivity contribution in [2.75, 3.05) is 7.11 Å². The van der Waals surface area contributed by atoms with Crippen LogP contribution in [0.25, 0.3) is 6.08 Å².